The quantitative estimate of drug-likeness (QED) is 0.762. The number of nitrogens with one attached hydrogen (secondary N) is 1. The van der Waals surface area contributed by atoms with Crippen LogP contribution in [0.15, 0.2) is 60.7 Å². The van der Waals surface area contributed by atoms with Crippen molar-refractivity contribution in [2.45, 2.75) is 25.9 Å². The molecule has 2 aromatic rings. The molecule has 2 N–H and O–H groups in total. The molecule has 136 valence electrons. The van der Waals surface area contributed by atoms with Gasteiger partial charge in [-0.2, -0.15) is 0 Å². The predicted octanol–water partition coefficient (Wildman–Crippen LogP) is 2.37. The summed E-state index contributed by atoms with van der Waals surface area (Å²) in [5.74, 6) is -1.68. The fourth-order valence-corrected chi connectivity index (χ4v) is 2.55. The number of aliphatic carboxylic acids is 1. The van der Waals surface area contributed by atoms with Crippen LogP contribution >= 0.6 is 0 Å². The Balaban J connectivity index is 1.94. The summed E-state index contributed by atoms with van der Waals surface area (Å²) in [6.45, 7) is 2.08. The van der Waals surface area contributed by atoms with E-state index in [4.69, 9.17) is 0 Å². The topological polar surface area (TPSA) is 86.7 Å². The lowest BCUT2D eigenvalue weighted by Gasteiger charge is -2.22. The summed E-state index contributed by atoms with van der Waals surface area (Å²) in [6, 6.07) is 16.9. The zero-order valence-corrected chi connectivity index (χ0v) is 14.6. The van der Waals surface area contributed by atoms with E-state index in [0.29, 0.717) is 12.1 Å². The van der Waals surface area contributed by atoms with E-state index >= 15 is 0 Å². The van der Waals surface area contributed by atoms with Gasteiger partial charge in [0, 0.05) is 26.4 Å². The minimum absolute atomic E-state index is 0.0308. The third kappa shape index (κ3) is 5.73. The monoisotopic (exact) mass is 354 g/mol. The van der Waals surface area contributed by atoms with Crippen LogP contribution in [0.5, 0.6) is 0 Å². The van der Waals surface area contributed by atoms with E-state index in [1.165, 1.54) is 6.92 Å². The average Bonchev–Trinajstić information content (AvgIpc) is 2.64. The highest BCUT2D eigenvalue weighted by Gasteiger charge is 2.22. The standard InChI is InChI=1S/C20H22N2O4/c1-15(23)22(14-16-8-4-2-5-9-16)13-12-18(24)21-19(20(25)26)17-10-6-3-7-11-17/h2-11,19H,12-14H2,1H3,(H,21,24)(H,25,26)/t19-/m0/s1. The van der Waals surface area contributed by atoms with E-state index in [-0.39, 0.29) is 18.9 Å². The molecule has 0 aliphatic rings. The van der Waals surface area contributed by atoms with Gasteiger partial charge in [-0.05, 0) is 11.1 Å². The van der Waals surface area contributed by atoms with E-state index in [2.05, 4.69) is 5.32 Å². The number of carbonyl (C=O) groups excluding carboxylic acids is 2. The van der Waals surface area contributed by atoms with Gasteiger partial charge in [-0.15, -0.1) is 0 Å². The molecule has 0 aliphatic carbocycles. The Morgan fingerprint density at radius 3 is 2.12 bits per heavy atom. The van der Waals surface area contributed by atoms with Gasteiger partial charge in [0.05, 0.1) is 0 Å². The molecule has 2 amide bonds. The fraction of sp³-hybridized carbons (Fsp3) is 0.250. The van der Waals surface area contributed by atoms with E-state index in [1.807, 2.05) is 30.3 Å². The second kappa shape index (κ2) is 9.36. The lowest BCUT2D eigenvalue weighted by Crippen LogP contribution is -2.37. The van der Waals surface area contributed by atoms with Crippen molar-refractivity contribution in [3.05, 3.63) is 71.8 Å². The molecule has 2 aromatic carbocycles. The molecule has 0 saturated carbocycles. The predicted molar refractivity (Wildman–Crippen MR) is 97.1 cm³/mol. The first-order valence-electron chi connectivity index (χ1n) is 8.34. The van der Waals surface area contributed by atoms with Crippen molar-refractivity contribution in [2.75, 3.05) is 6.54 Å². The van der Waals surface area contributed by atoms with Crippen molar-refractivity contribution in [3.8, 4) is 0 Å². The molecule has 6 heteroatoms. The smallest absolute Gasteiger partial charge is 0.330 e. The maximum absolute atomic E-state index is 12.2. The van der Waals surface area contributed by atoms with Gasteiger partial charge in [0.1, 0.15) is 0 Å². The lowest BCUT2D eigenvalue weighted by atomic mass is 10.1. The number of benzene rings is 2. The number of hydrogen-bond acceptors (Lipinski definition) is 3. The highest BCUT2D eigenvalue weighted by Crippen LogP contribution is 2.13. The van der Waals surface area contributed by atoms with Crippen LogP contribution < -0.4 is 5.32 Å². The van der Waals surface area contributed by atoms with Crippen LogP contribution in [-0.4, -0.2) is 34.3 Å². The molecule has 0 saturated heterocycles. The van der Waals surface area contributed by atoms with E-state index in [0.717, 1.165) is 5.56 Å². The van der Waals surface area contributed by atoms with Crippen LogP contribution in [0.3, 0.4) is 0 Å². The van der Waals surface area contributed by atoms with Gasteiger partial charge in [0.25, 0.3) is 0 Å². The zero-order chi connectivity index (χ0) is 18.9. The number of hydrogen-bond donors (Lipinski definition) is 2. The Hall–Kier alpha value is -3.15. The first-order valence-corrected chi connectivity index (χ1v) is 8.34. The normalized spacial score (nSPS) is 11.4. The number of carboxylic acid groups (broad SMARTS) is 1. The lowest BCUT2D eigenvalue weighted by molar-refractivity contribution is -0.142. The number of carboxylic acids is 1. The average molecular weight is 354 g/mol. The van der Waals surface area contributed by atoms with Gasteiger partial charge in [-0.25, -0.2) is 4.79 Å². The van der Waals surface area contributed by atoms with Gasteiger partial charge in [-0.3, -0.25) is 9.59 Å². The molecule has 0 aliphatic heterocycles. The van der Waals surface area contributed by atoms with E-state index in [1.54, 1.807) is 35.2 Å². The SMILES string of the molecule is CC(=O)N(CCC(=O)N[C@H](C(=O)O)c1ccccc1)Cc1ccccc1. The van der Waals surface area contributed by atoms with Gasteiger partial charge in [0.2, 0.25) is 11.8 Å². The minimum Gasteiger partial charge on any atom is -0.479 e. The first-order chi connectivity index (χ1) is 12.5. The molecule has 0 radical (unpaired) electrons. The van der Waals surface area contributed by atoms with Crippen molar-refractivity contribution in [1.29, 1.82) is 0 Å². The maximum Gasteiger partial charge on any atom is 0.330 e. The molecule has 0 bridgehead atoms. The molecule has 0 unspecified atom stereocenters. The number of rotatable bonds is 8. The van der Waals surface area contributed by atoms with Gasteiger partial charge in [-0.1, -0.05) is 60.7 Å². The second-order valence-electron chi connectivity index (χ2n) is 5.93. The summed E-state index contributed by atoms with van der Waals surface area (Å²) in [5.41, 5.74) is 1.47. The summed E-state index contributed by atoms with van der Waals surface area (Å²) in [7, 11) is 0. The van der Waals surface area contributed by atoms with Crippen LogP contribution in [0.2, 0.25) is 0 Å². The Kier molecular flexibility index (Phi) is 6.91. The molecule has 26 heavy (non-hydrogen) atoms. The minimum atomic E-state index is -1.13. The highest BCUT2D eigenvalue weighted by atomic mass is 16.4. The number of nitrogens with zero attached hydrogens (tertiary/aromatic N) is 1. The van der Waals surface area contributed by atoms with Crippen LogP contribution in [-0.2, 0) is 20.9 Å². The third-order valence-electron chi connectivity index (χ3n) is 3.96. The van der Waals surface area contributed by atoms with Crippen LogP contribution in [0.4, 0.5) is 0 Å². The Morgan fingerprint density at radius 2 is 1.58 bits per heavy atom. The van der Waals surface area contributed by atoms with Crippen molar-refractivity contribution < 1.29 is 19.5 Å². The molecule has 0 heterocycles. The largest absolute Gasteiger partial charge is 0.479 e. The Bertz CT molecular complexity index is 747. The summed E-state index contributed by atoms with van der Waals surface area (Å²) < 4.78 is 0. The van der Waals surface area contributed by atoms with Gasteiger partial charge in [0.15, 0.2) is 6.04 Å². The summed E-state index contributed by atoms with van der Waals surface area (Å²) >= 11 is 0. The Morgan fingerprint density at radius 1 is 1.00 bits per heavy atom. The number of amides is 2. The van der Waals surface area contributed by atoms with Crippen molar-refractivity contribution in [1.82, 2.24) is 10.2 Å². The molecule has 0 spiro atoms. The van der Waals surface area contributed by atoms with Crippen molar-refractivity contribution >= 4 is 17.8 Å². The van der Waals surface area contributed by atoms with Crippen LogP contribution in [0, 0.1) is 0 Å². The molecule has 2 rings (SSSR count). The summed E-state index contributed by atoms with van der Waals surface area (Å²) in [4.78, 5) is 37.0. The third-order valence-corrected chi connectivity index (χ3v) is 3.96. The van der Waals surface area contributed by atoms with Crippen LogP contribution in [0.25, 0.3) is 0 Å². The van der Waals surface area contributed by atoms with Crippen LogP contribution in [0.1, 0.15) is 30.5 Å². The zero-order valence-electron chi connectivity index (χ0n) is 14.6. The first kappa shape index (κ1) is 19.2. The van der Waals surface area contributed by atoms with Gasteiger partial charge >= 0.3 is 5.97 Å². The van der Waals surface area contributed by atoms with Crippen molar-refractivity contribution in [2.24, 2.45) is 0 Å². The number of carbonyl (C=O) groups is 3. The summed E-state index contributed by atoms with van der Waals surface area (Å²) in [5, 5.41) is 11.9. The molecular formula is C20H22N2O4. The highest BCUT2D eigenvalue weighted by molar-refractivity contribution is 5.85. The second-order valence-corrected chi connectivity index (χ2v) is 5.93. The maximum atomic E-state index is 12.2. The van der Waals surface area contributed by atoms with Crippen molar-refractivity contribution in [3.63, 3.8) is 0 Å². The molecule has 0 fully saturated rings. The van der Waals surface area contributed by atoms with E-state index < -0.39 is 17.9 Å². The molecule has 6 nitrogen and oxygen atoms in total. The van der Waals surface area contributed by atoms with Gasteiger partial charge < -0.3 is 15.3 Å². The molecule has 0 aromatic heterocycles. The molecule has 1 atom stereocenters. The summed E-state index contributed by atoms with van der Waals surface area (Å²) in [6.07, 6.45) is 0.0308. The molecular weight excluding hydrogens is 332 g/mol. The Labute approximate surface area is 152 Å². The van der Waals surface area contributed by atoms with E-state index in [9.17, 15) is 19.5 Å². The fourth-order valence-electron chi connectivity index (χ4n) is 2.55.